The maximum absolute atomic E-state index is 12.3. The Morgan fingerprint density at radius 1 is 1.18 bits per heavy atom. The molecule has 2 rings (SSSR count). The monoisotopic (exact) mass is 245 g/mol. The summed E-state index contributed by atoms with van der Waals surface area (Å²) in [4.78, 5) is 16.2. The van der Waals surface area contributed by atoms with Gasteiger partial charge >= 0.3 is 0 Å². The number of benzene rings is 1. The van der Waals surface area contributed by atoms with E-state index in [9.17, 15) is 4.79 Å². The zero-order valence-electron chi connectivity index (χ0n) is 9.70. The molecule has 0 aliphatic heterocycles. The van der Waals surface area contributed by atoms with Gasteiger partial charge in [-0.05, 0) is 37.6 Å². The highest BCUT2D eigenvalue weighted by Crippen LogP contribution is 2.17. The molecule has 2 aromatic rings. The van der Waals surface area contributed by atoms with Gasteiger partial charge in [-0.2, -0.15) is 0 Å². The molecule has 0 saturated heterocycles. The zero-order chi connectivity index (χ0) is 12.4. The molecule has 0 aliphatic carbocycles. The second-order valence-electron chi connectivity index (χ2n) is 4.01. The van der Waals surface area contributed by atoms with E-state index in [-0.39, 0.29) is 5.78 Å². The first kappa shape index (κ1) is 11.8. The van der Waals surface area contributed by atoms with Crippen LogP contribution in [0.15, 0.2) is 36.5 Å². The van der Waals surface area contributed by atoms with Gasteiger partial charge in [-0.3, -0.25) is 4.79 Å². The molecule has 1 aromatic carbocycles. The first-order valence-corrected chi connectivity index (χ1v) is 5.69. The molecule has 1 aromatic heterocycles. The van der Waals surface area contributed by atoms with Gasteiger partial charge in [-0.25, -0.2) is 4.98 Å². The average molecular weight is 246 g/mol. The summed E-state index contributed by atoms with van der Waals surface area (Å²) in [5.74, 6) is -0.0181. The van der Waals surface area contributed by atoms with Crippen molar-refractivity contribution in [3.05, 3.63) is 63.9 Å². The number of aromatic nitrogens is 1. The standard InChI is InChI=1S/C14H12ClNO/c1-9-3-4-10(2)12(7-9)14(17)11-5-6-16-13(15)8-11/h3-8H,1-2H3. The average Bonchev–Trinajstić information content (AvgIpc) is 2.31. The Kier molecular flexibility index (Phi) is 3.25. The lowest BCUT2D eigenvalue weighted by atomic mass is 9.98. The maximum atomic E-state index is 12.3. The smallest absolute Gasteiger partial charge is 0.193 e. The number of carbonyl (C=O) groups excluding carboxylic acids is 1. The molecule has 0 amide bonds. The number of ketones is 1. The molecule has 0 atom stereocenters. The van der Waals surface area contributed by atoms with Crippen LogP contribution < -0.4 is 0 Å². The van der Waals surface area contributed by atoms with Gasteiger partial charge in [-0.15, -0.1) is 0 Å². The summed E-state index contributed by atoms with van der Waals surface area (Å²) in [6.45, 7) is 3.89. The van der Waals surface area contributed by atoms with E-state index in [1.54, 1.807) is 18.3 Å². The Balaban J connectivity index is 2.47. The molecular weight excluding hydrogens is 234 g/mol. The fourth-order valence-electron chi connectivity index (χ4n) is 1.68. The second kappa shape index (κ2) is 4.68. The predicted molar refractivity (Wildman–Crippen MR) is 68.6 cm³/mol. The summed E-state index contributed by atoms with van der Waals surface area (Å²) >= 11 is 5.78. The molecule has 1 heterocycles. The van der Waals surface area contributed by atoms with Crippen LogP contribution in [0.5, 0.6) is 0 Å². The first-order chi connectivity index (χ1) is 8.08. The molecule has 3 heteroatoms. The van der Waals surface area contributed by atoms with Crippen molar-refractivity contribution in [3.8, 4) is 0 Å². The molecule has 0 radical (unpaired) electrons. The first-order valence-electron chi connectivity index (χ1n) is 5.31. The molecule has 0 bridgehead atoms. The molecule has 0 N–H and O–H groups in total. The third kappa shape index (κ3) is 2.53. The molecule has 86 valence electrons. The number of carbonyl (C=O) groups is 1. The van der Waals surface area contributed by atoms with Crippen molar-refractivity contribution >= 4 is 17.4 Å². The van der Waals surface area contributed by atoms with Crippen molar-refractivity contribution in [1.82, 2.24) is 4.98 Å². The zero-order valence-corrected chi connectivity index (χ0v) is 10.5. The minimum absolute atomic E-state index is 0.0181. The van der Waals surface area contributed by atoms with E-state index in [1.807, 2.05) is 32.0 Å². The van der Waals surface area contributed by atoms with Crippen LogP contribution in [0.2, 0.25) is 5.15 Å². The quantitative estimate of drug-likeness (QED) is 0.598. The second-order valence-corrected chi connectivity index (χ2v) is 4.40. The summed E-state index contributed by atoms with van der Waals surface area (Å²) in [7, 11) is 0. The Morgan fingerprint density at radius 3 is 2.65 bits per heavy atom. The van der Waals surface area contributed by atoms with E-state index in [4.69, 9.17) is 11.6 Å². The van der Waals surface area contributed by atoms with Crippen molar-refractivity contribution in [1.29, 1.82) is 0 Å². The van der Waals surface area contributed by atoms with Gasteiger partial charge < -0.3 is 0 Å². The summed E-state index contributed by atoms with van der Waals surface area (Å²) < 4.78 is 0. The van der Waals surface area contributed by atoms with E-state index in [0.29, 0.717) is 16.3 Å². The predicted octanol–water partition coefficient (Wildman–Crippen LogP) is 3.58. The van der Waals surface area contributed by atoms with Gasteiger partial charge in [0.2, 0.25) is 0 Å². The highest BCUT2D eigenvalue weighted by molar-refractivity contribution is 6.30. The van der Waals surface area contributed by atoms with E-state index in [1.165, 1.54) is 0 Å². The largest absolute Gasteiger partial charge is 0.289 e. The minimum Gasteiger partial charge on any atom is -0.289 e. The van der Waals surface area contributed by atoms with Gasteiger partial charge in [0.15, 0.2) is 5.78 Å². The normalized spacial score (nSPS) is 10.3. The highest BCUT2D eigenvalue weighted by atomic mass is 35.5. The van der Waals surface area contributed by atoms with Crippen LogP contribution in [0.3, 0.4) is 0 Å². The number of pyridine rings is 1. The Bertz CT molecular complexity index is 578. The summed E-state index contributed by atoms with van der Waals surface area (Å²) in [6, 6.07) is 9.10. The summed E-state index contributed by atoms with van der Waals surface area (Å²) in [6.07, 6.45) is 1.54. The number of rotatable bonds is 2. The lowest BCUT2D eigenvalue weighted by molar-refractivity contribution is 0.103. The molecule has 0 fully saturated rings. The van der Waals surface area contributed by atoms with Crippen molar-refractivity contribution in [2.75, 3.05) is 0 Å². The third-order valence-electron chi connectivity index (χ3n) is 2.63. The number of hydrogen-bond donors (Lipinski definition) is 0. The van der Waals surface area contributed by atoms with Crippen molar-refractivity contribution in [3.63, 3.8) is 0 Å². The number of halogens is 1. The van der Waals surface area contributed by atoms with E-state index < -0.39 is 0 Å². The SMILES string of the molecule is Cc1ccc(C)c(C(=O)c2ccnc(Cl)c2)c1. The third-order valence-corrected chi connectivity index (χ3v) is 2.83. The fraction of sp³-hybridized carbons (Fsp3) is 0.143. The Hall–Kier alpha value is -1.67. The minimum atomic E-state index is -0.0181. The number of hydrogen-bond acceptors (Lipinski definition) is 2. The van der Waals surface area contributed by atoms with Crippen LogP contribution in [0, 0.1) is 13.8 Å². The maximum Gasteiger partial charge on any atom is 0.193 e. The van der Waals surface area contributed by atoms with Crippen molar-refractivity contribution < 1.29 is 4.79 Å². The molecule has 0 saturated carbocycles. The van der Waals surface area contributed by atoms with Gasteiger partial charge in [0.05, 0.1) is 0 Å². The summed E-state index contributed by atoms with van der Waals surface area (Å²) in [5, 5.41) is 0.334. The van der Waals surface area contributed by atoms with Gasteiger partial charge in [0.1, 0.15) is 5.15 Å². The molecule has 2 nitrogen and oxygen atoms in total. The summed E-state index contributed by atoms with van der Waals surface area (Å²) in [5.41, 5.74) is 3.32. The lowest BCUT2D eigenvalue weighted by Gasteiger charge is -2.06. The van der Waals surface area contributed by atoms with Crippen LogP contribution in [0.1, 0.15) is 27.0 Å². The van der Waals surface area contributed by atoms with Crippen LogP contribution in [0.25, 0.3) is 0 Å². The number of aryl methyl sites for hydroxylation is 2. The van der Waals surface area contributed by atoms with Crippen molar-refractivity contribution in [2.24, 2.45) is 0 Å². The Morgan fingerprint density at radius 2 is 1.94 bits per heavy atom. The van der Waals surface area contributed by atoms with Crippen LogP contribution in [-0.2, 0) is 0 Å². The molecular formula is C14H12ClNO. The topological polar surface area (TPSA) is 30.0 Å². The lowest BCUT2D eigenvalue weighted by Crippen LogP contribution is -2.04. The molecule has 0 aliphatic rings. The van der Waals surface area contributed by atoms with Gasteiger partial charge in [0, 0.05) is 17.3 Å². The van der Waals surface area contributed by atoms with E-state index in [2.05, 4.69) is 4.98 Å². The van der Waals surface area contributed by atoms with E-state index >= 15 is 0 Å². The molecule has 0 unspecified atom stereocenters. The van der Waals surface area contributed by atoms with E-state index in [0.717, 1.165) is 11.1 Å². The Labute approximate surface area is 105 Å². The fourth-order valence-corrected chi connectivity index (χ4v) is 1.85. The van der Waals surface area contributed by atoms with Crippen LogP contribution >= 0.6 is 11.6 Å². The van der Waals surface area contributed by atoms with Crippen LogP contribution in [-0.4, -0.2) is 10.8 Å². The number of nitrogens with zero attached hydrogens (tertiary/aromatic N) is 1. The van der Waals surface area contributed by atoms with Crippen LogP contribution in [0.4, 0.5) is 0 Å². The van der Waals surface area contributed by atoms with Crippen molar-refractivity contribution in [2.45, 2.75) is 13.8 Å². The molecule has 17 heavy (non-hydrogen) atoms. The highest BCUT2D eigenvalue weighted by Gasteiger charge is 2.12. The van der Waals surface area contributed by atoms with Gasteiger partial charge in [0.25, 0.3) is 0 Å². The van der Waals surface area contributed by atoms with Gasteiger partial charge in [-0.1, -0.05) is 29.3 Å². The molecule has 0 spiro atoms.